The van der Waals surface area contributed by atoms with Gasteiger partial charge in [-0.05, 0) is 38.1 Å². The molecule has 1 rings (SSSR count). The van der Waals surface area contributed by atoms with Crippen LogP contribution >= 0.6 is 0 Å². The topological polar surface area (TPSA) is 41.6 Å². The molecule has 0 atom stereocenters. The van der Waals surface area contributed by atoms with Gasteiger partial charge in [0.1, 0.15) is 5.75 Å². The second-order valence-electron chi connectivity index (χ2n) is 3.86. The van der Waals surface area contributed by atoms with Crippen molar-refractivity contribution < 1.29 is 9.53 Å². The minimum Gasteiger partial charge on any atom is -0.497 e. The van der Waals surface area contributed by atoms with Crippen molar-refractivity contribution in [2.75, 3.05) is 19.1 Å². The molecule has 1 aromatic carbocycles. The van der Waals surface area contributed by atoms with Gasteiger partial charge in [-0.2, -0.15) is 0 Å². The van der Waals surface area contributed by atoms with E-state index in [-0.39, 0.29) is 12.1 Å². The summed E-state index contributed by atoms with van der Waals surface area (Å²) in [5, 5.41) is 2.83. The molecule has 0 radical (unpaired) electrons. The van der Waals surface area contributed by atoms with Gasteiger partial charge in [0.2, 0.25) is 0 Å². The number of hydrogen-bond donors (Lipinski definition) is 1. The van der Waals surface area contributed by atoms with E-state index in [1.165, 1.54) is 0 Å². The van der Waals surface area contributed by atoms with Crippen LogP contribution in [-0.2, 0) is 0 Å². The van der Waals surface area contributed by atoms with Crippen LogP contribution < -0.4 is 15.0 Å². The maximum Gasteiger partial charge on any atom is 0.321 e. The minimum atomic E-state index is -0.111. The summed E-state index contributed by atoms with van der Waals surface area (Å²) in [4.78, 5) is 13.3. The van der Waals surface area contributed by atoms with Crippen molar-refractivity contribution in [1.29, 1.82) is 0 Å². The quantitative estimate of drug-likeness (QED) is 0.852. The fourth-order valence-electron chi connectivity index (χ4n) is 1.27. The molecule has 4 nitrogen and oxygen atoms in total. The molecular weight excluding hydrogens is 204 g/mol. The molecule has 88 valence electrons. The Morgan fingerprint density at radius 3 is 2.31 bits per heavy atom. The highest BCUT2D eigenvalue weighted by molar-refractivity contribution is 5.91. The molecule has 1 N–H and O–H groups in total. The number of urea groups is 1. The highest BCUT2D eigenvalue weighted by atomic mass is 16.5. The lowest BCUT2D eigenvalue weighted by atomic mass is 10.3. The van der Waals surface area contributed by atoms with Gasteiger partial charge in [0, 0.05) is 18.8 Å². The van der Waals surface area contributed by atoms with E-state index in [2.05, 4.69) is 5.32 Å². The number of amides is 2. The molecule has 0 saturated heterocycles. The Morgan fingerprint density at radius 1 is 1.31 bits per heavy atom. The average Bonchev–Trinajstić information content (AvgIpc) is 2.27. The van der Waals surface area contributed by atoms with Crippen LogP contribution in [0.2, 0.25) is 0 Å². The van der Waals surface area contributed by atoms with E-state index >= 15 is 0 Å². The zero-order chi connectivity index (χ0) is 12.1. The summed E-state index contributed by atoms with van der Waals surface area (Å²) in [5.74, 6) is 0.779. The zero-order valence-electron chi connectivity index (χ0n) is 10.2. The molecule has 0 fully saturated rings. The zero-order valence-corrected chi connectivity index (χ0v) is 10.2. The maximum atomic E-state index is 11.7. The first-order valence-corrected chi connectivity index (χ1v) is 5.23. The van der Waals surface area contributed by atoms with E-state index < -0.39 is 0 Å². The van der Waals surface area contributed by atoms with Crippen molar-refractivity contribution in [1.82, 2.24) is 5.32 Å². The van der Waals surface area contributed by atoms with Crippen molar-refractivity contribution in [2.24, 2.45) is 0 Å². The van der Waals surface area contributed by atoms with Gasteiger partial charge in [0.25, 0.3) is 0 Å². The summed E-state index contributed by atoms with van der Waals surface area (Å²) in [6.45, 7) is 3.86. The Bertz CT molecular complexity index is 347. The van der Waals surface area contributed by atoms with Gasteiger partial charge in [-0.1, -0.05) is 0 Å². The average molecular weight is 222 g/mol. The van der Waals surface area contributed by atoms with Crippen LogP contribution in [0.5, 0.6) is 5.75 Å². The number of methoxy groups -OCH3 is 1. The lowest BCUT2D eigenvalue weighted by Crippen LogP contribution is -2.40. The van der Waals surface area contributed by atoms with Crippen LogP contribution in [0.3, 0.4) is 0 Å². The number of nitrogens with zero attached hydrogens (tertiary/aromatic N) is 1. The SMILES string of the molecule is COc1ccc(N(C)C(=O)NC(C)C)cc1. The molecule has 0 saturated carbocycles. The van der Waals surface area contributed by atoms with Crippen LogP contribution in [0.15, 0.2) is 24.3 Å². The van der Waals surface area contributed by atoms with Gasteiger partial charge < -0.3 is 10.1 Å². The highest BCUT2D eigenvalue weighted by Gasteiger charge is 2.11. The van der Waals surface area contributed by atoms with E-state index in [0.29, 0.717) is 0 Å². The molecule has 0 aliphatic rings. The number of anilines is 1. The molecule has 0 spiro atoms. The minimum absolute atomic E-state index is 0.111. The summed E-state index contributed by atoms with van der Waals surface area (Å²) < 4.78 is 5.05. The maximum absolute atomic E-state index is 11.7. The van der Waals surface area contributed by atoms with E-state index in [1.54, 1.807) is 19.1 Å². The van der Waals surface area contributed by atoms with Gasteiger partial charge in [-0.15, -0.1) is 0 Å². The second kappa shape index (κ2) is 5.39. The van der Waals surface area contributed by atoms with Crippen LogP contribution in [0.25, 0.3) is 0 Å². The third-order valence-corrected chi connectivity index (χ3v) is 2.18. The van der Waals surface area contributed by atoms with Gasteiger partial charge in [0.15, 0.2) is 0 Å². The third-order valence-electron chi connectivity index (χ3n) is 2.18. The van der Waals surface area contributed by atoms with Crippen molar-refractivity contribution in [2.45, 2.75) is 19.9 Å². The largest absolute Gasteiger partial charge is 0.497 e. The number of rotatable bonds is 3. The number of carbonyl (C=O) groups is 1. The van der Waals surface area contributed by atoms with E-state index in [1.807, 2.05) is 38.1 Å². The Kier molecular flexibility index (Phi) is 4.17. The molecule has 16 heavy (non-hydrogen) atoms. The fraction of sp³-hybridized carbons (Fsp3) is 0.417. The number of carbonyl (C=O) groups excluding carboxylic acids is 1. The first kappa shape index (κ1) is 12.4. The van der Waals surface area contributed by atoms with Crippen LogP contribution in [0, 0.1) is 0 Å². The summed E-state index contributed by atoms with van der Waals surface area (Å²) in [6.07, 6.45) is 0. The van der Waals surface area contributed by atoms with Crippen molar-refractivity contribution >= 4 is 11.7 Å². The first-order chi connectivity index (χ1) is 7.54. The lowest BCUT2D eigenvalue weighted by Gasteiger charge is -2.19. The summed E-state index contributed by atoms with van der Waals surface area (Å²) in [5.41, 5.74) is 0.832. The van der Waals surface area contributed by atoms with Crippen LogP contribution in [0.4, 0.5) is 10.5 Å². The molecule has 0 aliphatic carbocycles. The van der Waals surface area contributed by atoms with E-state index in [0.717, 1.165) is 11.4 Å². The molecule has 0 unspecified atom stereocenters. The molecule has 4 heteroatoms. The van der Waals surface area contributed by atoms with Crippen LogP contribution in [0.1, 0.15) is 13.8 Å². The monoisotopic (exact) mass is 222 g/mol. The molecule has 1 aromatic rings. The summed E-state index contributed by atoms with van der Waals surface area (Å²) >= 11 is 0. The van der Waals surface area contributed by atoms with Crippen LogP contribution in [-0.4, -0.2) is 26.2 Å². The normalized spacial score (nSPS) is 10.1. The predicted octanol–water partition coefficient (Wildman–Crippen LogP) is 2.25. The molecule has 0 aromatic heterocycles. The molecular formula is C12H18N2O2. The predicted molar refractivity (Wildman–Crippen MR) is 65.1 cm³/mol. The molecule has 2 amide bonds. The first-order valence-electron chi connectivity index (χ1n) is 5.23. The van der Waals surface area contributed by atoms with Crippen molar-refractivity contribution in [3.05, 3.63) is 24.3 Å². The van der Waals surface area contributed by atoms with Gasteiger partial charge >= 0.3 is 6.03 Å². The van der Waals surface area contributed by atoms with Crippen molar-refractivity contribution in [3.8, 4) is 5.75 Å². The molecule has 0 bridgehead atoms. The second-order valence-corrected chi connectivity index (χ2v) is 3.86. The van der Waals surface area contributed by atoms with Gasteiger partial charge in [-0.25, -0.2) is 4.79 Å². The Balaban J connectivity index is 2.72. The van der Waals surface area contributed by atoms with E-state index in [4.69, 9.17) is 4.74 Å². The third kappa shape index (κ3) is 3.15. The Labute approximate surface area is 96.2 Å². The highest BCUT2D eigenvalue weighted by Crippen LogP contribution is 2.18. The number of hydrogen-bond acceptors (Lipinski definition) is 2. The van der Waals surface area contributed by atoms with Gasteiger partial charge in [0.05, 0.1) is 7.11 Å². The Hall–Kier alpha value is -1.71. The van der Waals surface area contributed by atoms with Gasteiger partial charge in [-0.3, -0.25) is 4.90 Å². The smallest absolute Gasteiger partial charge is 0.321 e. The number of ether oxygens (including phenoxy) is 1. The molecule has 0 heterocycles. The van der Waals surface area contributed by atoms with Crippen molar-refractivity contribution in [3.63, 3.8) is 0 Å². The fourth-order valence-corrected chi connectivity index (χ4v) is 1.27. The Morgan fingerprint density at radius 2 is 1.88 bits per heavy atom. The number of nitrogens with one attached hydrogen (secondary N) is 1. The lowest BCUT2D eigenvalue weighted by molar-refractivity contribution is 0.245. The number of benzene rings is 1. The summed E-state index contributed by atoms with van der Waals surface area (Å²) in [7, 11) is 3.35. The summed E-state index contributed by atoms with van der Waals surface area (Å²) in [6, 6.07) is 7.37. The standard InChI is InChI=1S/C12H18N2O2/c1-9(2)13-12(15)14(3)10-5-7-11(16-4)8-6-10/h5-9H,1-4H3,(H,13,15). The molecule has 0 aliphatic heterocycles. The van der Waals surface area contributed by atoms with E-state index in [9.17, 15) is 4.79 Å².